The highest BCUT2D eigenvalue weighted by molar-refractivity contribution is 5.42. The summed E-state index contributed by atoms with van der Waals surface area (Å²) in [6, 6.07) is 6.41. The van der Waals surface area contributed by atoms with Crippen molar-refractivity contribution in [1.82, 2.24) is 5.32 Å². The minimum absolute atomic E-state index is 0.350. The summed E-state index contributed by atoms with van der Waals surface area (Å²) in [5, 5.41) is 3.55. The number of rotatable bonds is 10. The first-order valence-electron chi connectivity index (χ1n) is 7.73. The quantitative estimate of drug-likeness (QED) is 0.719. The Balaban J connectivity index is 2.65. The van der Waals surface area contributed by atoms with Crippen molar-refractivity contribution in [2.75, 3.05) is 26.9 Å². The van der Waals surface area contributed by atoms with E-state index >= 15 is 0 Å². The lowest BCUT2D eigenvalue weighted by Crippen LogP contribution is -2.37. The van der Waals surface area contributed by atoms with Crippen LogP contribution in [0.15, 0.2) is 18.2 Å². The summed E-state index contributed by atoms with van der Waals surface area (Å²) in [5.74, 6) is 2.10. The molecule has 1 aromatic carbocycles. The van der Waals surface area contributed by atoms with E-state index in [0.717, 1.165) is 31.3 Å². The fourth-order valence-corrected chi connectivity index (χ4v) is 2.08. The SMILES string of the molecule is CCOCC(NCc1ccc(OCC)c(OC)c1)C(C)C. The Morgan fingerprint density at radius 3 is 2.43 bits per heavy atom. The van der Waals surface area contributed by atoms with Gasteiger partial charge in [-0.3, -0.25) is 0 Å². The Bertz CT molecular complexity index is 407. The van der Waals surface area contributed by atoms with E-state index in [1.54, 1.807) is 7.11 Å². The highest BCUT2D eigenvalue weighted by Crippen LogP contribution is 2.28. The van der Waals surface area contributed by atoms with Crippen LogP contribution in [0.4, 0.5) is 0 Å². The molecule has 0 aliphatic heterocycles. The molecular formula is C17H29NO3. The van der Waals surface area contributed by atoms with Crippen LogP contribution in [0.3, 0.4) is 0 Å². The maximum atomic E-state index is 5.53. The summed E-state index contributed by atoms with van der Waals surface area (Å²) < 4.78 is 16.4. The first-order chi connectivity index (χ1) is 10.1. The lowest BCUT2D eigenvalue weighted by atomic mass is 10.0. The molecule has 1 N–H and O–H groups in total. The summed E-state index contributed by atoms with van der Waals surface area (Å²) in [6.07, 6.45) is 0. The third-order valence-corrected chi connectivity index (χ3v) is 3.40. The lowest BCUT2D eigenvalue weighted by Gasteiger charge is -2.22. The Morgan fingerprint density at radius 2 is 1.86 bits per heavy atom. The number of ether oxygens (including phenoxy) is 3. The van der Waals surface area contributed by atoms with Crippen molar-refractivity contribution in [1.29, 1.82) is 0 Å². The molecule has 0 saturated heterocycles. The van der Waals surface area contributed by atoms with Crippen molar-refractivity contribution in [2.45, 2.75) is 40.3 Å². The molecule has 21 heavy (non-hydrogen) atoms. The van der Waals surface area contributed by atoms with Crippen LogP contribution in [0.2, 0.25) is 0 Å². The summed E-state index contributed by atoms with van der Waals surface area (Å²) in [5.41, 5.74) is 1.18. The number of benzene rings is 1. The van der Waals surface area contributed by atoms with Gasteiger partial charge in [-0.1, -0.05) is 19.9 Å². The summed E-state index contributed by atoms with van der Waals surface area (Å²) in [6.45, 7) is 11.3. The van der Waals surface area contributed by atoms with Crippen LogP contribution < -0.4 is 14.8 Å². The monoisotopic (exact) mass is 295 g/mol. The highest BCUT2D eigenvalue weighted by Gasteiger charge is 2.13. The largest absolute Gasteiger partial charge is 0.493 e. The van der Waals surface area contributed by atoms with Crippen LogP contribution in [0.5, 0.6) is 11.5 Å². The molecular weight excluding hydrogens is 266 g/mol. The second kappa shape index (κ2) is 9.64. The van der Waals surface area contributed by atoms with Gasteiger partial charge in [-0.25, -0.2) is 0 Å². The van der Waals surface area contributed by atoms with Crippen LogP contribution >= 0.6 is 0 Å². The number of nitrogens with one attached hydrogen (secondary N) is 1. The second-order valence-electron chi connectivity index (χ2n) is 5.31. The van der Waals surface area contributed by atoms with Gasteiger partial charge in [-0.05, 0) is 37.5 Å². The average molecular weight is 295 g/mol. The van der Waals surface area contributed by atoms with Crippen LogP contribution in [-0.4, -0.2) is 33.0 Å². The predicted molar refractivity (Wildman–Crippen MR) is 86.1 cm³/mol. The van der Waals surface area contributed by atoms with Gasteiger partial charge in [-0.2, -0.15) is 0 Å². The molecule has 0 radical (unpaired) electrons. The molecule has 1 atom stereocenters. The number of methoxy groups -OCH3 is 1. The van der Waals surface area contributed by atoms with Gasteiger partial charge in [-0.15, -0.1) is 0 Å². The predicted octanol–water partition coefficient (Wildman–Crippen LogP) is 3.24. The molecule has 0 aromatic heterocycles. The Labute approximate surface area is 128 Å². The van der Waals surface area contributed by atoms with E-state index in [2.05, 4.69) is 25.2 Å². The first kappa shape index (κ1) is 17.8. The van der Waals surface area contributed by atoms with Gasteiger partial charge in [0, 0.05) is 19.2 Å². The fraction of sp³-hybridized carbons (Fsp3) is 0.647. The molecule has 0 fully saturated rings. The molecule has 120 valence electrons. The minimum Gasteiger partial charge on any atom is -0.493 e. The Morgan fingerprint density at radius 1 is 1.10 bits per heavy atom. The lowest BCUT2D eigenvalue weighted by molar-refractivity contribution is 0.108. The van der Waals surface area contributed by atoms with Crippen LogP contribution in [-0.2, 0) is 11.3 Å². The molecule has 1 rings (SSSR count). The van der Waals surface area contributed by atoms with Crippen molar-refractivity contribution in [3.8, 4) is 11.5 Å². The molecule has 0 saturated carbocycles. The van der Waals surface area contributed by atoms with Crippen LogP contribution in [0.1, 0.15) is 33.3 Å². The van der Waals surface area contributed by atoms with Crippen molar-refractivity contribution in [3.05, 3.63) is 23.8 Å². The van der Waals surface area contributed by atoms with Gasteiger partial charge in [0.05, 0.1) is 20.3 Å². The third kappa shape index (κ3) is 5.94. The normalized spacial score (nSPS) is 12.5. The molecule has 0 heterocycles. The summed E-state index contributed by atoms with van der Waals surface area (Å²) >= 11 is 0. The minimum atomic E-state index is 0.350. The molecule has 4 heteroatoms. The van der Waals surface area contributed by atoms with E-state index in [1.807, 2.05) is 26.0 Å². The van der Waals surface area contributed by atoms with Crippen molar-refractivity contribution in [2.24, 2.45) is 5.92 Å². The fourth-order valence-electron chi connectivity index (χ4n) is 2.08. The molecule has 0 aliphatic rings. The second-order valence-corrected chi connectivity index (χ2v) is 5.31. The van der Waals surface area contributed by atoms with Gasteiger partial charge in [0.1, 0.15) is 0 Å². The Hall–Kier alpha value is -1.26. The molecule has 0 amide bonds. The van der Waals surface area contributed by atoms with E-state index in [-0.39, 0.29) is 0 Å². The van der Waals surface area contributed by atoms with Crippen molar-refractivity contribution >= 4 is 0 Å². The molecule has 0 bridgehead atoms. The van der Waals surface area contributed by atoms with Gasteiger partial charge < -0.3 is 19.5 Å². The van der Waals surface area contributed by atoms with Gasteiger partial charge >= 0.3 is 0 Å². The summed E-state index contributed by atoms with van der Waals surface area (Å²) in [4.78, 5) is 0. The average Bonchev–Trinajstić information content (AvgIpc) is 2.48. The van der Waals surface area contributed by atoms with Gasteiger partial charge in [0.2, 0.25) is 0 Å². The maximum Gasteiger partial charge on any atom is 0.161 e. The van der Waals surface area contributed by atoms with Crippen molar-refractivity contribution < 1.29 is 14.2 Å². The van der Waals surface area contributed by atoms with E-state index < -0.39 is 0 Å². The third-order valence-electron chi connectivity index (χ3n) is 3.40. The van der Waals surface area contributed by atoms with Crippen LogP contribution in [0, 0.1) is 5.92 Å². The van der Waals surface area contributed by atoms with Gasteiger partial charge in [0.25, 0.3) is 0 Å². The van der Waals surface area contributed by atoms with Crippen molar-refractivity contribution in [3.63, 3.8) is 0 Å². The van der Waals surface area contributed by atoms with E-state index in [0.29, 0.717) is 18.6 Å². The zero-order valence-electron chi connectivity index (χ0n) is 13.9. The first-order valence-corrected chi connectivity index (χ1v) is 7.73. The highest BCUT2D eigenvalue weighted by atomic mass is 16.5. The molecule has 0 aliphatic carbocycles. The number of hydrogen-bond donors (Lipinski definition) is 1. The maximum absolute atomic E-state index is 5.53. The van der Waals surface area contributed by atoms with E-state index in [9.17, 15) is 0 Å². The summed E-state index contributed by atoms with van der Waals surface area (Å²) in [7, 11) is 1.67. The van der Waals surface area contributed by atoms with Gasteiger partial charge in [0.15, 0.2) is 11.5 Å². The van der Waals surface area contributed by atoms with Crippen LogP contribution in [0.25, 0.3) is 0 Å². The molecule has 1 aromatic rings. The van der Waals surface area contributed by atoms with E-state index in [1.165, 1.54) is 5.56 Å². The molecule has 4 nitrogen and oxygen atoms in total. The zero-order chi connectivity index (χ0) is 15.7. The standard InChI is InChI=1S/C17H29NO3/c1-6-20-12-15(13(3)4)18-11-14-8-9-16(21-7-2)17(10-14)19-5/h8-10,13,15,18H,6-7,11-12H2,1-5H3. The zero-order valence-corrected chi connectivity index (χ0v) is 13.9. The Kier molecular flexibility index (Phi) is 8.16. The number of hydrogen-bond acceptors (Lipinski definition) is 4. The molecule has 1 unspecified atom stereocenters. The smallest absolute Gasteiger partial charge is 0.161 e. The van der Waals surface area contributed by atoms with E-state index in [4.69, 9.17) is 14.2 Å². The topological polar surface area (TPSA) is 39.7 Å². The molecule has 0 spiro atoms.